The number of carbonyl (C=O) groups excluding carboxylic acids is 2. The van der Waals surface area contributed by atoms with E-state index in [0.29, 0.717) is 37.5 Å². The highest BCUT2D eigenvalue weighted by Crippen LogP contribution is 2.39. The predicted molar refractivity (Wildman–Crippen MR) is 115 cm³/mol. The van der Waals surface area contributed by atoms with Gasteiger partial charge in [0.1, 0.15) is 0 Å². The molecule has 2 atom stereocenters. The van der Waals surface area contributed by atoms with E-state index in [4.69, 9.17) is 0 Å². The number of carbonyl (C=O) groups is 2. The Bertz CT molecular complexity index is 846. The summed E-state index contributed by atoms with van der Waals surface area (Å²) in [5.41, 5.74) is -0.845. The van der Waals surface area contributed by atoms with Gasteiger partial charge in [-0.2, -0.15) is 13.2 Å². The number of urea groups is 1. The highest BCUT2D eigenvalue weighted by Gasteiger charge is 2.53. The zero-order valence-electron chi connectivity index (χ0n) is 18.5. The van der Waals surface area contributed by atoms with Gasteiger partial charge in [-0.3, -0.25) is 10.1 Å². The molecule has 3 amide bonds. The largest absolute Gasteiger partial charge is 0.416 e. The molecule has 0 radical (unpaired) electrons. The van der Waals surface area contributed by atoms with Gasteiger partial charge in [-0.25, -0.2) is 4.79 Å². The summed E-state index contributed by atoms with van der Waals surface area (Å²) >= 11 is 0. The fraction of sp³-hybridized carbons (Fsp3) is 0.652. The molecule has 3 aliphatic rings. The van der Waals surface area contributed by atoms with E-state index in [-0.39, 0.29) is 23.9 Å². The van der Waals surface area contributed by atoms with Crippen molar-refractivity contribution in [3.8, 4) is 0 Å². The molecule has 1 aromatic rings. The second kappa shape index (κ2) is 8.57. The summed E-state index contributed by atoms with van der Waals surface area (Å²) in [7, 11) is 0. The lowest BCUT2D eigenvalue weighted by molar-refractivity contribution is -0.137. The number of rotatable bonds is 5. The number of amides is 3. The number of likely N-dealkylation sites (tertiary alicyclic amines) is 1. The van der Waals surface area contributed by atoms with Crippen LogP contribution in [0.3, 0.4) is 0 Å². The zero-order chi connectivity index (χ0) is 23.1. The van der Waals surface area contributed by atoms with E-state index in [1.807, 2.05) is 4.90 Å². The number of nitrogens with one attached hydrogen (secondary N) is 2. The molecule has 1 spiro atoms. The summed E-state index contributed by atoms with van der Waals surface area (Å²) in [5.74, 6) is 0.993. The predicted octanol–water partition coefficient (Wildman–Crippen LogP) is 4.29. The van der Waals surface area contributed by atoms with E-state index in [1.165, 1.54) is 12.1 Å². The normalized spacial score (nSPS) is 24.2. The molecule has 2 aliphatic heterocycles. The van der Waals surface area contributed by atoms with Crippen molar-refractivity contribution in [3.63, 3.8) is 0 Å². The first-order chi connectivity index (χ1) is 15.1. The molecule has 2 saturated heterocycles. The Morgan fingerprint density at radius 3 is 2.38 bits per heavy atom. The Morgan fingerprint density at radius 1 is 1.22 bits per heavy atom. The van der Waals surface area contributed by atoms with Gasteiger partial charge in [0.15, 0.2) is 0 Å². The third kappa shape index (κ3) is 4.58. The van der Waals surface area contributed by atoms with Crippen molar-refractivity contribution < 1.29 is 22.8 Å². The van der Waals surface area contributed by atoms with Gasteiger partial charge in [0.25, 0.3) is 0 Å². The second-order valence-corrected chi connectivity index (χ2v) is 9.42. The molecule has 4 rings (SSSR count). The Hall–Kier alpha value is -2.29. The third-order valence-corrected chi connectivity index (χ3v) is 7.16. The van der Waals surface area contributed by atoms with Gasteiger partial charge in [0, 0.05) is 38.2 Å². The molecule has 1 aromatic carbocycles. The van der Waals surface area contributed by atoms with Crippen LogP contribution in [0.4, 0.5) is 23.7 Å². The lowest BCUT2D eigenvalue weighted by Crippen LogP contribution is -2.60. The molecule has 9 heteroatoms. The van der Waals surface area contributed by atoms with Gasteiger partial charge in [-0.15, -0.1) is 0 Å². The standard InChI is InChI=1S/C23H31F3N4O2/c1-3-15(2)19-20(31)30(14-16-4-5-16)22(28-19)10-12-29(13-11-22)21(32)27-18-8-6-17(7-9-18)23(24,25)26/h6-9,15-16,19,28H,3-5,10-14H2,1-2H3,(H,27,32)/t15-,19+/m0/s1. The van der Waals surface area contributed by atoms with Crippen LogP contribution in [-0.2, 0) is 11.0 Å². The smallest absolute Gasteiger partial charge is 0.324 e. The van der Waals surface area contributed by atoms with E-state index in [0.717, 1.165) is 37.9 Å². The SMILES string of the molecule is CC[C@H](C)[C@H]1NC2(CCN(C(=O)Nc3ccc(C(F)(F)F)cc3)CC2)N(CC2CC2)C1=O. The number of halogens is 3. The monoisotopic (exact) mass is 452 g/mol. The van der Waals surface area contributed by atoms with E-state index in [2.05, 4.69) is 24.5 Å². The fourth-order valence-corrected chi connectivity index (χ4v) is 4.69. The molecule has 0 aromatic heterocycles. The van der Waals surface area contributed by atoms with Crippen molar-refractivity contribution in [2.24, 2.45) is 11.8 Å². The van der Waals surface area contributed by atoms with Crippen molar-refractivity contribution in [2.75, 3.05) is 25.0 Å². The lowest BCUT2D eigenvalue weighted by Gasteiger charge is -2.44. The molecule has 2 N–H and O–H groups in total. The van der Waals surface area contributed by atoms with Crippen molar-refractivity contribution >= 4 is 17.6 Å². The van der Waals surface area contributed by atoms with E-state index >= 15 is 0 Å². The summed E-state index contributed by atoms with van der Waals surface area (Å²) in [5, 5.41) is 6.32. The Labute approximate surface area is 186 Å². The minimum absolute atomic E-state index is 0.175. The van der Waals surface area contributed by atoms with Gasteiger partial charge in [0.05, 0.1) is 17.3 Å². The fourth-order valence-electron chi connectivity index (χ4n) is 4.69. The topological polar surface area (TPSA) is 64.7 Å². The van der Waals surface area contributed by atoms with Crippen molar-refractivity contribution in [1.82, 2.24) is 15.1 Å². The van der Waals surface area contributed by atoms with Crippen LogP contribution in [0.2, 0.25) is 0 Å². The van der Waals surface area contributed by atoms with Crippen LogP contribution < -0.4 is 10.6 Å². The van der Waals surface area contributed by atoms with Crippen LogP contribution in [-0.4, -0.2) is 53.1 Å². The van der Waals surface area contributed by atoms with Crippen LogP contribution in [0, 0.1) is 11.8 Å². The van der Waals surface area contributed by atoms with Crippen LogP contribution in [0.1, 0.15) is 51.5 Å². The minimum Gasteiger partial charge on any atom is -0.324 e. The minimum atomic E-state index is -4.41. The summed E-state index contributed by atoms with van der Waals surface area (Å²) in [6.07, 6.45) is 0.107. The van der Waals surface area contributed by atoms with Crippen molar-refractivity contribution in [2.45, 2.75) is 63.8 Å². The Kier molecular flexibility index (Phi) is 6.13. The van der Waals surface area contributed by atoms with E-state index in [1.54, 1.807) is 4.90 Å². The molecule has 176 valence electrons. The maximum Gasteiger partial charge on any atom is 0.416 e. The number of nitrogens with zero attached hydrogens (tertiary/aromatic N) is 2. The third-order valence-electron chi connectivity index (χ3n) is 7.16. The molecular weight excluding hydrogens is 421 g/mol. The number of hydrogen-bond acceptors (Lipinski definition) is 3. The van der Waals surface area contributed by atoms with Gasteiger partial charge >= 0.3 is 12.2 Å². The highest BCUT2D eigenvalue weighted by atomic mass is 19.4. The first-order valence-electron chi connectivity index (χ1n) is 11.5. The van der Waals surface area contributed by atoms with Crippen molar-refractivity contribution in [3.05, 3.63) is 29.8 Å². The summed E-state index contributed by atoms with van der Waals surface area (Å²) in [6.45, 7) is 5.90. The zero-order valence-corrected chi connectivity index (χ0v) is 18.5. The molecule has 0 bridgehead atoms. The van der Waals surface area contributed by atoms with E-state index < -0.39 is 17.4 Å². The second-order valence-electron chi connectivity index (χ2n) is 9.42. The Balaban J connectivity index is 1.39. The average Bonchev–Trinajstić information content (AvgIpc) is 3.55. The number of alkyl halides is 3. The van der Waals surface area contributed by atoms with Crippen LogP contribution in [0.15, 0.2) is 24.3 Å². The average molecular weight is 453 g/mol. The molecule has 0 unspecified atom stereocenters. The number of piperidine rings is 1. The van der Waals surface area contributed by atoms with Gasteiger partial charge in [-0.1, -0.05) is 20.3 Å². The molecule has 1 aliphatic carbocycles. The van der Waals surface area contributed by atoms with Crippen LogP contribution >= 0.6 is 0 Å². The molecule has 6 nitrogen and oxygen atoms in total. The lowest BCUT2D eigenvalue weighted by atomic mass is 9.95. The molecular formula is C23H31F3N4O2. The first-order valence-corrected chi connectivity index (χ1v) is 11.5. The number of benzene rings is 1. The van der Waals surface area contributed by atoms with Crippen LogP contribution in [0.25, 0.3) is 0 Å². The Morgan fingerprint density at radius 2 is 1.84 bits per heavy atom. The number of anilines is 1. The first kappa shape index (κ1) is 22.9. The maximum absolute atomic E-state index is 13.2. The van der Waals surface area contributed by atoms with Crippen molar-refractivity contribution in [1.29, 1.82) is 0 Å². The maximum atomic E-state index is 13.2. The summed E-state index contributed by atoms with van der Waals surface area (Å²) in [4.78, 5) is 29.6. The quantitative estimate of drug-likeness (QED) is 0.701. The van der Waals surface area contributed by atoms with Crippen LogP contribution in [0.5, 0.6) is 0 Å². The van der Waals surface area contributed by atoms with E-state index in [9.17, 15) is 22.8 Å². The highest BCUT2D eigenvalue weighted by molar-refractivity contribution is 5.89. The summed E-state index contributed by atoms with van der Waals surface area (Å²) < 4.78 is 38.2. The molecule has 1 saturated carbocycles. The van der Waals surface area contributed by atoms with Gasteiger partial charge < -0.3 is 15.1 Å². The molecule has 32 heavy (non-hydrogen) atoms. The number of hydrogen-bond donors (Lipinski definition) is 2. The summed E-state index contributed by atoms with van der Waals surface area (Å²) in [6, 6.07) is 3.91. The molecule has 3 fully saturated rings. The van der Waals surface area contributed by atoms with Gasteiger partial charge in [-0.05, 0) is 48.9 Å². The molecule has 2 heterocycles. The van der Waals surface area contributed by atoms with Gasteiger partial charge in [0.2, 0.25) is 5.91 Å².